The minimum Gasteiger partial charge on any atom is -0.250 e. The number of benzene rings is 1. The van der Waals surface area contributed by atoms with Gasteiger partial charge in [0.2, 0.25) is 0 Å². The molecule has 0 aliphatic carbocycles. The van der Waals surface area contributed by atoms with Gasteiger partial charge < -0.3 is 0 Å². The summed E-state index contributed by atoms with van der Waals surface area (Å²) in [6.07, 6.45) is -8.61. The summed E-state index contributed by atoms with van der Waals surface area (Å²) in [7, 11) is 0. The molecule has 0 bridgehead atoms. The maximum Gasteiger partial charge on any atom is 0.434 e. The van der Waals surface area contributed by atoms with Crippen molar-refractivity contribution in [2.24, 2.45) is 0 Å². The van der Waals surface area contributed by atoms with Crippen molar-refractivity contribution in [1.29, 1.82) is 31.6 Å². The molecule has 0 amide bonds. The highest BCUT2D eigenvalue weighted by Crippen LogP contribution is 2.32. The molecule has 3 aromatic rings. The molecule has 0 aliphatic rings. The van der Waals surface area contributed by atoms with Crippen LogP contribution in [0.2, 0.25) is 0 Å². The lowest BCUT2D eigenvalue weighted by Crippen LogP contribution is -2.22. The van der Waals surface area contributed by atoms with Crippen LogP contribution in [0.25, 0.3) is 11.1 Å². The van der Waals surface area contributed by atoms with E-state index in [-0.39, 0.29) is 32.7 Å². The van der Waals surface area contributed by atoms with Gasteiger partial charge in [0.1, 0.15) is 24.3 Å². The quantitative estimate of drug-likeness (QED) is 0.442. The molecule has 0 unspecified atom stereocenters. The van der Waals surface area contributed by atoms with Gasteiger partial charge in [0, 0.05) is 34.0 Å². The number of rotatable bonds is 2. The molecule has 2 aromatic heterocycles. The first-order valence-electron chi connectivity index (χ1n) is 10.3. The standard InChI is InChI=1S/C26H6F6N8/c27-25(28,29)23-15(7-35)1-17(11-39-23)21(9-37)19-3-14(6-34)20(4-13(19)5-33)22(10-38)18-2-16(8-36)24(40-12-18)26(30,31)32/h1-4,11-12H/b21-19-,22-20+. The number of alkyl halides is 6. The lowest BCUT2D eigenvalue weighted by molar-refractivity contribution is -0.142. The van der Waals surface area contributed by atoms with E-state index in [0.29, 0.717) is 12.4 Å². The van der Waals surface area contributed by atoms with Crippen LogP contribution in [-0.4, -0.2) is 9.97 Å². The van der Waals surface area contributed by atoms with Crippen molar-refractivity contribution in [1.82, 2.24) is 9.97 Å². The molecule has 0 atom stereocenters. The fourth-order valence-corrected chi connectivity index (χ4v) is 3.58. The number of pyridine rings is 2. The van der Waals surface area contributed by atoms with Crippen LogP contribution < -0.4 is 10.4 Å². The zero-order chi connectivity index (χ0) is 29.8. The van der Waals surface area contributed by atoms with E-state index < -0.39 is 46.0 Å². The minimum absolute atomic E-state index is 0.253. The number of nitriles is 6. The summed E-state index contributed by atoms with van der Waals surface area (Å²) in [5, 5.41) is 56.8. The van der Waals surface area contributed by atoms with E-state index >= 15 is 0 Å². The molecule has 8 nitrogen and oxygen atoms in total. The maximum absolute atomic E-state index is 13.1. The predicted molar refractivity (Wildman–Crippen MR) is 119 cm³/mol. The molecule has 1 aromatic carbocycles. The molecule has 0 saturated carbocycles. The predicted octanol–water partition coefficient (Wildman–Crippen LogP) is 3.45. The molecular formula is C26H6F6N8. The van der Waals surface area contributed by atoms with Crippen molar-refractivity contribution in [2.45, 2.75) is 12.4 Å². The number of hydrogen-bond donors (Lipinski definition) is 0. The summed E-state index contributed by atoms with van der Waals surface area (Å²) in [5.74, 6) is 0. The van der Waals surface area contributed by atoms with Gasteiger partial charge in [0.25, 0.3) is 0 Å². The number of halogens is 6. The second kappa shape index (κ2) is 10.6. The van der Waals surface area contributed by atoms with Crippen LogP contribution in [0.1, 0.15) is 44.8 Å². The fraction of sp³-hybridized carbons (Fsp3) is 0.0769. The highest BCUT2D eigenvalue weighted by molar-refractivity contribution is 5.81. The monoisotopic (exact) mass is 544 g/mol. The Hall–Kier alpha value is -6.22. The van der Waals surface area contributed by atoms with Crippen molar-refractivity contribution in [3.8, 4) is 36.4 Å². The third-order valence-corrected chi connectivity index (χ3v) is 5.29. The summed E-state index contributed by atoms with van der Waals surface area (Å²) in [4.78, 5) is 6.45. The molecule has 3 rings (SSSR count). The zero-order valence-corrected chi connectivity index (χ0v) is 19.3. The van der Waals surface area contributed by atoms with Crippen LogP contribution >= 0.6 is 0 Å². The average Bonchev–Trinajstić information content (AvgIpc) is 2.92. The fourth-order valence-electron chi connectivity index (χ4n) is 3.58. The first-order chi connectivity index (χ1) is 18.8. The van der Waals surface area contributed by atoms with Crippen LogP contribution in [0.5, 0.6) is 0 Å². The van der Waals surface area contributed by atoms with Crippen LogP contribution in [0.4, 0.5) is 26.3 Å². The molecule has 2 heterocycles. The van der Waals surface area contributed by atoms with Crippen molar-refractivity contribution in [3.05, 3.63) is 91.9 Å². The van der Waals surface area contributed by atoms with Crippen LogP contribution in [0.3, 0.4) is 0 Å². The van der Waals surface area contributed by atoms with Gasteiger partial charge in [-0.25, -0.2) is 9.97 Å². The highest BCUT2D eigenvalue weighted by atomic mass is 19.4. The average molecular weight is 544 g/mol. The van der Waals surface area contributed by atoms with Crippen molar-refractivity contribution < 1.29 is 26.3 Å². The number of hydrogen-bond acceptors (Lipinski definition) is 8. The van der Waals surface area contributed by atoms with E-state index in [1.807, 2.05) is 0 Å². The summed E-state index contributed by atoms with van der Waals surface area (Å²) >= 11 is 0. The van der Waals surface area contributed by atoms with E-state index in [0.717, 1.165) is 24.3 Å². The Kier molecular flexibility index (Phi) is 7.54. The van der Waals surface area contributed by atoms with E-state index in [1.165, 1.54) is 12.1 Å². The molecule has 0 aliphatic heterocycles. The maximum atomic E-state index is 13.1. The van der Waals surface area contributed by atoms with Crippen molar-refractivity contribution >= 4 is 11.1 Å². The van der Waals surface area contributed by atoms with Gasteiger partial charge in [0.05, 0.1) is 45.5 Å². The van der Waals surface area contributed by atoms with Gasteiger partial charge in [0.15, 0.2) is 11.4 Å². The third-order valence-electron chi connectivity index (χ3n) is 5.29. The largest absolute Gasteiger partial charge is 0.434 e. The Labute approximate surface area is 220 Å². The third kappa shape index (κ3) is 5.24. The topological polar surface area (TPSA) is 169 Å². The Bertz CT molecular complexity index is 1800. The van der Waals surface area contributed by atoms with Crippen LogP contribution in [0.15, 0.2) is 36.7 Å². The molecule has 0 fully saturated rings. The van der Waals surface area contributed by atoms with E-state index in [1.54, 1.807) is 24.3 Å². The first-order valence-corrected chi connectivity index (χ1v) is 10.3. The van der Waals surface area contributed by atoms with E-state index in [4.69, 9.17) is 10.5 Å². The lowest BCUT2D eigenvalue weighted by Gasteiger charge is -2.10. The number of nitrogens with zero attached hydrogens (tertiary/aromatic N) is 8. The Morgan fingerprint density at radius 1 is 0.525 bits per heavy atom. The first kappa shape index (κ1) is 28.4. The van der Waals surface area contributed by atoms with Crippen LogP contribution in [0, 0.1) is 68.0 Å². The smallest absolute Gasteiger partial charge is 0.250 e. The summed E-state index contributed by atoms with van der Waals surface area (Å²) in [5.41, 5.74) is -6.94. The normalized spacial score (nSPS) is 12.4. The Balaban J connectivity index is 2.44. The Morgan fingerprint density at radius 3 is 1.10 bits per heavy atom. The lowest BCUT2D eigenvalue weighted by atomic mass is 9.95. The van der Waals surface area contributed by atoms with Crippen molar-refractivity contribution in [3.63, 3.8) is 0 Å². The highest BCUT2D eigenvalue weighted by Gasteiger charge is 2.36. The summed E-state index contributed by atoms with van der Waals surface area (Å²) in [6, 6.07) is 13.0. The molecule has 0 radical (unpaired) electrons. The second-order valence-corrected chi connectivity index (χ2v) is 7.60. The molecule has 0 spiro atoms. The summed E-state index contributed by atoms with van der Waals surface area (Å²) in [6.45, 7) is 0. The summed E-state index contributed by atoms with van der Waals surface area (Å²) < 4.78 is 78.8. The van der Waals surface area contributed by atoms with Gasteiger partial charge in [-0.2, -0.15) is 57.9 Å². The van der Waals surface area contributed by atoms with Gasteiger partial charge in [-0.3, -0.25) is 0 Å². The Morgan fingerprint density at radius 2 is 0.850 bits per heavy atom. The van der Waals surface area contributed by atoms with E-state index in [9.17, 15) is 47.4 Å². The second-order valence-electron chi connectivity index (χ2n) is 7.60. The van der Waals surface area contributed by atoms with Gasteiger partial charge in [-0.05, 0) is 24.3 Å². The van der Waals surface area contributed by atoms with Gasteiger partial charge >= 0.3 is 12.4 Å². The molecule has 192 valence electrons. The number of aromatic nitrogens is 2. The van der Waals surface area contributed by atoms with Gasteiger partial charge in [-0.15, -0.1) is 0 Å². The minimum atomic E-state index is -4.97. The zero-order valence-electron chi connectivity index (χ0n) is 19.3. The van der Waals surface area contributed by atoms with E-state index in [2.05, 4.69) is 9.97 Å². The molecule has 40 heavy (non-hydrogen) atoms. The molecule has 14 heteroatoms. The SMILES string of the molecule is N#C/C(c1cnc(C(F)(F)F)c(C#N)c1)=c1/cc(C#N)/c(=C(/C#N)c2cnc(C(F)(F)F)c(C#N)c2)cc1C#N. The van der Waals surface area contributed by atoms with Gasteiger partial charge in [-0.1, -0.05) is 0 Å². The molecule has 0 saturated heterocycles. The molecule has 0 N–H and O–H groups in total. The molecular weight excluding hydrogens is 538 g/mol. The van der Waals surface area contributed by atoms with Crippen molar-refractivity contribution in [2.75, 3.05) is 0 Å². The van der Waals surface area contributed by atoms with Crippen LogP contribution in [-0.2, 0) is 12.4 Å².